The summed E-state index contributed by atoms with van der Waals surface area (Å²) in [7, 11) is 1.46. The fourth-order valence-corrected chi connectivity index (χ4v) is 1.67. The van der Waals surface area contributed by atoms with Crippen molar-refractivity contribution in [1.82, 2.24) is 5.32 Å². The quantitative estimate of drug-likeness (QED) is 0.621. The minimum absolute atomic E-state index is 0.236. The van der Waals surface area contributed by atoms with Crippen molar-refractivity contribution < 1.29 is 19.1 Å². The van der Waals surface area contributed by atoms with Crippen molar-refractivity contribution in [2.45, 2.75) is 31.9 Å². The molecule has 1 aromatic rings. The van der Waals surface area contributed by atoms with Gasteiger partial charge in [-0.15, -0.1) is 0 Å². The molecule has 0 bridgehead atoms. The van der Waals surface area contributed by atoms with Gasteiger partial charge in [0.25, 0.3) is 5.91 Å². The predicted octanol–water partition coefficient (Wildman–Crippen LogP) is 1.10. The fraction of sp³-hybridized carbons (Fsp3) is 0.429. The second-order valence-corrected chi connectivity index (χ2v) is 4.79. The molecule has 1 fully saturated rings. The van der Waals surface area contributed by atoms with Crippen LogP contribution in [0.4, 0.5) is 5.69 Å². The van der Waals surface area contributed by atoms with Gasteiger partial charge >= 0.3 is 5.97 Å². The maximum absolute atomic E-state index is 11.9. The zero-order valence-corrected chi connectivity index (χ0v) is 11.5. The molecular weight excluding hydrogens is 260 g/mol. The van der Waals surface area contributed by atoms with Crippen molar-refractivity contribution in [2.75, 3.05) is 12.8 Å². The molecule has 1 atom stereocenters. The second kappa shape index (κ2) is 5.81. The first kappa shape index (κ1) is 14.2. The summed E-state index contributed by atoms with van der Waals surface area (Å²) in [4.78, 5) is 23.6. The lowest BCUT2D eigenvalue weighted by atomic mass is 10.2. The molecule has 0 heterocycles. The van der Waals surface area contributed by atoms with Crippen molar-refractivity contribution in [3.05, 3.63) is 23.8 Å². The van der Waals surface area contributed by atoms with Crippen LogP contribution in [0.25, 0.3) is 0 Å². The number of anilines is 1. The Morgan fingerprint density at radius 2 is 2.10 bits per heavy atom. The predicted molar refractivity (Wildman–Crippen MR) is 73.4 cm³/mol. The monoisotopic (exact) mass is 278 g/mol. The standard InChI is InChI=1S/C14H18N2O4/c1-8(13(17)16-10-4-5-10)20-14(18)9-3-6-11(15)12(7-9)19-2/h3,6-8,10H,4-5,15H2,1-2H3,(H,16,17). The smallest absolute Gasteiger partial charge is 0.339 e. The van der Waals surface area contributed by atoms with E-state index in [-0.39, 0.29) is 11.9 Å². The van der Waals surface area contributed by atoms with Gasteiger partial charge in [0.05, 0.1) is 18.4 Å². The van der Waals surface area contributed by atoms with Gasteiger partial charge in [-0.3, -0.25) is 4.79 Å². The lowest BCUT2D eigenvalue weighted by molar-refractivity contribution is -0.129. The van der Waals surface area contributed by atoms with E-state index in [4.69, 9.17) is 15.2 Å². The number of hydrogen-bond acceptors (Lipinski definition) is 5. The Bertz CT molecular complexity index is 526. The van der Waals surface area contributed by atoms with Crippen LogP contribution in [0.2, 0.25) is 0 Å². The SMILES string of the molecule is COc1cc(C(=O)OC(C)C(=O)NC2CC2)ccc1N. The molecule has 0 radical (unpaired) electrons. The third-order valence-corrected chi connectivity index (χ3v) is 3.05. The molecule has 6 nitrogen and oxygen atoms in total. The molecule has 1 aliphatic carbocycles. The number of esters is 1. The van der Waals surface area contributed by atoms with E-state index in [1.807, 2.05) is 0 Å². The molecule has 3 N–H and O–H groups in total. The molecule has 0 aromatic heterocycles. The second-order valence-electron chi connectivity index (χ2n) is 4.79. The number of ether oxygens (including phenoxy) is 2. The van der Waals surface area contributed by atoms with E-state index in [0.29, 0.717) is 17.0 Å². The molecule has 1 aromatic carbocycles. The molecule has 1 aliphatic rings. The highest BCUT2D eigenvalue weighted by Gasteiger charge is 2.27. The minimum Gasteiger partial charge on any atom is -0.495 e. The van der Waals surface area contributed by atoms with Crippen LogP contribution < -0.4 is 15.8 Å². The Hall–Kier alpha value is -2.24. The highest BCUT2D eigenvalue weighted by Crippen LogP contribution is 2.23. The minimum atomic E-state index is -0.827. The third-order valence-electron chi connectivity index (χ3n) is 3.05. The van der Waals surface area contributed by atoms with E-state index >= 15 is 0 Å². The number of nitrogens with two attached hydrogens (primary N) is 1. The summed E-state index contributed by atoms with van der Waals surface area (Å²) >= 11 is 0. The Labute approximate surface area is 117 Å². The van der Waals surface area contributed by atoms with Gasteiger partial charge in [-0.05, 0) is 38.0 Å². The van der Waals surface area contributed by atoms with Crippen LogP contribution in [0.1, 0.15) is 30.1 Å². The molecule has 0 saturated heterocycles. The first-order valence-electron chi connectivity index (χ1n) is 6.46. The first-order chi connectivity index (χ1) is 9.51. The van der Waals surface area contributed by atoms with E-state index in [9.17, 15) is 9.59 Å². The Morgan fingerprint density at radius 3 is 2.70 bits per heavy atom. The maximum Gasteiger partial charge on any atom is 0.339 e. The van der Waals surface area contributed by atoms with Gasteiger partial charge < -0.3 is 20.5 Å². The fourth-order valence-electron chi connectivity index (χ4n) is 1.67. The molecule has 108 valence electrons. The summed E-state index contributed by atoms with van der Waals surface area (Å²) < 4.78 is 10.2. The largest absolute Gasteiger partial charge is 0.495 e. The van der Waals surface area contributed by atoms with Gasteiger partial charge in [0, 0.05) is 6.04 Å². The molecule has 6 heteroatoms. The molecule has 1 saturated carbocycles. The number of carbonyl (C=O) groups excluding carboxylic acids is 2. The number of hydrogen-bond donors (Lipinski definition) is 2. The van der Waals surface area contributed by atoms with Crippen LogP contribution >= 0.6 is 0 Å². The number of carbonyl (C=O) groups is 2. The van der Waals surface area contributed by atoms with E-state index < -0.39 is 12.1 Å². The molecule has 1 unspecified atom stereocenters. The highest BCUT2D eigenvalue weighted by molar-refractivity contribution is 5.93. The van der Waals surface area contributed by atoms with Crippen molar-refractivity contribution in [1.29, 1.82) is 0 Å². The Kier molecular flexibility index (Phi) is 4.12. The number of nitrogen functional groups attached to an aromatic ring is 1. The lowest BCUT2D eigenvalue weighted by Crippen LogP contribution is -2.37. The van der Waals surface area contributed by atoms with Crippen LogP contribution in [0.3, 0.4) is 0 Å². The average Bonchev–Trinajstić information content (AvgIpc) is 3.22. The van der Waals surface area contributed by atoms with Gasteiger partial charge in [0.2, 0.25) is 0 Å². The van der Waals surface area contributed by atoms with E-state index in [0.717, 1.165) is 12.8 Å². The summed E-state index contributed by atoms with van der Waals surface area (Å²) in [5.74, 6) is -0.459. The lowest BCUT2D eigenvalue weighted by Gasteiger charge is -2.13. The summed E-state index contributed by atoms with van der Waals surface area (Å²) in [5.41, 5.74) is 6.40. The van der Waals surface area contributed by atoms with Crippen molar-refractivity contribution >= 4 is 17.6 Å². The molecular formula is C14H18N2O4. The van der Waals surface area contributed by atoms with Crippen LogP contribution in [0, 0.1) is 0 Å². The van der Waals surface area contributed by atoms with Crippen molar-refractivity contribution in [2.24, 2.45) is 0 Å². The van der Waals surface area contributed by atoms with Crippen LogP contribution in [0.5, 0.6) is 5.75 Å². The van der Waals surface area contributed by atoms with Crippen molar-refractivity contribution in [3.63, 3.8) is 0 Å². The third kappa shape index (κ3) is 3.40. The Balaban J connectivity index is 1.98. The molecule has 2 rings (SSSR count). The summed E-state index contributed by atoms with van der Waals surface area (Å²) in [6.07, 6.45) is 1.15. The van der Waals surface area contributed by atoms with E-state index in [1.165, 1.54) is 19.2 Å². The average molecular weight is 278 g/mol. The van der Waals surface area contributed by atoms with Crippen molar-refractivity contribution in [3.8, 4) is 5.75 Å². The van der Waals surface area contributed by atoms with E-state index in [2.05, 4.69) is 5.32 Å². The van der Waals surface area contributed by atoms with Gasteiger partial charge in [-0.1, -0.05) is 0 Å². The maximum atomic E-state index is 11.9. The first-order valence-corrected chi connectivity index (χ1v) is 6.46. The zero-order valence-electron chi connectivity index (χ0n) is 11.5. The van der Waals surface area contributed by atoms with Gasteiger partial charge in [0.15, 0.2) is 6.10 Å². The molecule has 0 aliphatic heterocycles. The number of nitrogens with one attached hydrogen (secondary N) is 1. The molecule has 0 spiro atoms. The number of rotatable bonds is 5. The summed E-state index contributed by atoms with van der Waals surface area (Å²) in [6, 6.07) is 4.82. The van der Waals surface area contributed by atoms with E-state index in [1.54, 1.807) is 13.0 Å². The zero-order chi connectivity index (χ0) is 14.7. The van der Waals surface area contributed by atoms with Crippen LogP contribution in [-0.4, -0.2) is 31.1 Å². The molecule has 1 amide bonds. The van der Waals surface area contributed by atoms with Gasteiger partial charge in [-0.2, -0.15) is 0 Å². The van der Waals surface area contributed by atoms with Crippen LogP contribution in [0.15, 0.2) is 18.2 Å². The van der Waals surface area contributed by atoms with Crippen LogP contribution in [-0.2, 0) is 9.53 Å². The number of benzene rings is 1. The topological polar surface area (TPSA) is 90.6 Å². The summed E-state index contributed by atoms with van der Waals surface area (Å²) in [5, 5.41) is 2.78. The normalized spacial score (nSPS) is 15.3. The summed E-state index contributed by atoms with van der Waals surface area (Å²) in [6.45, 7) is 1.55. The van der Waals surface area contributed by atoms with Gasteiger partial charge in [-0.25, -0.2) is 4.79 Å². The van der Waals surface area contributed by atoms with Gasteiger partial charge in [0.1, 0.15) is 5.75 Å². The highest BCUT2D eigenvalue weighted by atomic mass is 16.5. The number of amides is 1. The molecule has 20 heavy (non-hydrogen) atoms. The number of methoxy groups -OCH3 is 1. The Morgan fingerprint density at radius 1 is 1.40 bits per heavy atom.